The van der Waals surface area contributed by atoms with Crippen LogP contribution in [0.3, 0.4) is 0 Å². The largest absolute Gasteiger partial charge is 0.358 e. The lowest BCUT2D eigenvalue weighted by atomic mass is 9.88. The number of ketones is 1. The van der Waals surface area contributed by atoms with Crippen LogP contribution in [0.25, 0.3) is 10.9 Å². The maximum absolute atomic E-state index is 12.8. The van der Waals surface area contributed by atoms with Crippen molar-refractivity contribution in [2.24, 2.45) is 5.92 Å². The number of aromatic nitrogens is 1. The average Bonchev–Trinajstić information content (AvgIpc) is 2.83. The monoisotopic (exact) mass is 270 g/mol. The fraction of sp³-hybridized carbons (Fsp3) is 0.471. The first-order chi connectivity index (χ1) is 9.72. The van der Waals surface area contributed by atoms with Crippen LogP contribution in [-0.4, -0.2) is 23.9 Å². The van der Waals surface area contributed by atoms with E-state index in [4.69, 9.17) is 0 Å². The van der Waals surface area contributed by atoms with Crippen molar-refractivity contribution in [1.29, 1.82) is 0 Å². The van der Waals surface area contributed by atoms with Crippen LogP contribution in [0.15, 0.2) is 18.2 Å². The predicted octanol–water partition coefficient (Wildman–Crippen LogP) is 3.22. The second kappa shape index (κ2) is 5.41. The number of fused-ring (bicyclic) bond motifs is 1. The van der Waals surface area contributed by atoms with Crippen molar-refractivity contribution in [3.63, 3.8) is 0 Å². The van der Waals surface area contributed by atoms with Crippen molar-refractivity contribution in [3.05, 3.63) is 35.0 Å². The SMILES string of the molecule is CCc1cccc2c(C(=O)C3CCNCC3)c(C)[nH]c12. The first-order valence-electron chi connectivity index (χ1n) is 7.57. The summed E-state index contributed by atoms with van der Waals surface area (Å²) in [6, 6.07) is 6.27. The molecule has 3 nitrogen and oxygen atoms in total. The minimum Gasteiger partial charge on any atom is -0.358 e. The molecule has 1 aliphatic heterocycles. The molecule has 2 aromatic rings. The zero-order valence-corrected chi connectivity index (χ0v) is 12.3. The summed E-state index contributed by atoms with van der Waals surface area (Å²) in [5, 5.41) is 4.43. The van der Waals surface area contributed by atoms with Gasteiger partial charge in [-0.2, -0.15) is 0 Å². The summed E-state index contributed by atoms with van der Waals surface area (Å²) in [4.78, 5) is 16.3. The van der Waals surface area contributed by atoms with Crippen molar-refractivity contribution >= 4 is 16.7 Å². The summed E-state index contributed by atoms with van der Waals surface area (Å²) in [6.45, 7) is 6.09. The van der Waals surface area contributed by atoms with E-state index in [1.165, 1.54) is 5.56 Å². The lowest BCUT2D eigenvalue weighted by Gasteiger charge is -2.21. The Morgan fingerprint density at radius 1 is 1.30 bits per heavy atom. The molecular weight excluding hydrogens is 248 g/mol. The van der Waals surface area contributed by atoms with E-state index >= 15 is 0 Å². The molecule has 0 aliphatic carbocycles. The second-order valence-corrected chi connectivity index (χ2v) is 5.71. The van der Waals surface area contributed by atoms with Gasteiger partial charge in [0.05, 0.1) is 0 Å². The zero-order chi connectivity index (χ0) is 14.1. The highest BCUT2D eigenvalue weighted by atomic mass is 16.1. The van der Waals surface area contributed by atoms with Gasteiger partial charge in [-0.05, 0) is 44.8 Å². The molecule has 1 aromatic heterocycles. The van der Waals surface area contributed by atoms with Gasteiger partial charge in [0, 0.05) is 28.1 Å². The molecule has 0 radical (unpaired) electrons. The highest BCUT2D eigenvalue weighted by Crippen LogP contribution is 2.29. The molecule has 3 rings (SSSR count). The van der Waals surface area contributed by atoms with E-state index in [9.17, 15) is 4.79 Å². The molecule has 1 saturated heterocycles. The van der Waals surface area contributed by atoms with E-state index in [-0.39, 0.29) is 5.92 Å². The molecule has 1 fully saturated rings. The minimum atomic E-state index is 0.180. The van der Waals surface area contributed by atoms with Gasteiger partial charge in [-0.1, -0.05) is 25.1 Å². The van der Waals surface area contributed by atoms with E-state index in [0.717, 1.165) is 54.5 Å². The summed E-state index contributed by atoms with van der Waals surface area (Å²) in [6.07, 6.45) is 2.90. The molecule has 0 atom stereocenters. The van der Waals surface area contributed by atoms with Crippen molar-refractivity contribution in [1.82, 2.24) is 10.3 Å². The maximum atomic E-state index is 12.8. The number of H-pyrrole nitrogens is 1. The number of carbonyl (C=O) groups excluding carboxylic acids is 1. The highest BCUT2D eigenvalue weighted by Gasteiger charge is 2.26. The molecule has 106 valence electrons. The molecule has 0 spiro atoms. The Morgan fingerprint density at radius 2 is 2.05 bits per heavy atom. The predicted molar refractivity (Wildman–Crippen MR) is 82.3 cm³/mol. The summed E-state index contributed by atoms with van der Waals surface area (Å²) < 4.78 is 0. The fourth-order valence-electron chi connectivity index (χ4n) is 3.31. The number of piperidine rings is 1. The Hall–Kier alpha value is -1.61. The van der Waals surface area contributed by atoms with Crippen LogP contribution < -0.4 is 5.32 Å². The second-order valence-electron chi connectivity index (χ2n) is 5.71. The molecule has 2 N–H and O–H groups in total. The highest BCUT2D eigenvalue weighted by molar-refractivity contribution is 6.10. The van der Waals surface area contributed by atoms with E-state index in [2.05, 4.69) is 35.4 Å². The van der Waals surface area contributed by atoms with Crippen LogP contribution in [0.1, 0.15) is 41.4 Å². The van der Waals surface area contributed by atoms with Gasteiger partial charge in [-0.25, -0.2) is 0 Å². The van der Waals surface area contributed by atoms with E-state index in [1.54, 1.807) is 0 Å². The first-order valence-corrected chi connectivity index (χ1v) is 7.57. The molecular formula is C17H22N2O. The van der Waals surface area contributed by atoms with Gasteiger partial charge in [0.25, 0.3) is 0 Å². The molecule has 1 aromatic carbocycles. The first kappa shape index (κ1) is 13.4. The number of aromatic amines is 1. The van der Waals surface area contributed by atoms with Crippen LogP contribution >= 0.6 is 0 Å². The molecule has 0 amide bonds. The molecule has 2 heterocycles. The van der Waals surface area contributed by atoms with Crippen LogP contribution in [-0.2, 0) is 6.42 Å². The number of nitrogens with one attached hydrogen (secondary N) is 2. The Bertz CT molecular complexity index is 636. The van der Waals surface area contributed by atoms with Crippen LogP contribution in [0.2, 0.25) is 0 Å². The Balaban J connectivity index is 2.06. The lowest BCUT2D eigenvalue weighted by molar-refractivity contribution is 0.0896. The number of Topliss-reactive ketones (excluding diaryl/α,β-unsaturated/α-hetero) is 1. The van der Waals surface area contributed by atoms with E-state index < -0.39 is 0 Å². The normalized spacial score (nSPS) is 16.7. The van der Waals surface area contributed by atoms with Crippen LogP contribution in [0, 0.1) is 12.8 Å². The van der Waals surface area contributed by atoms with Crippen molar-refractivity contribution in [2.75, 3.05) is 13.1 Å². The van der Waals surface area contributed by atoms with Gasteiger partial charge in [0.2, 0.25) is 0 Å². The van der Waals surface area contributed by atoms with E-state index in [0.29, 0.717) is 5.78 Å². The number of carbonyl (C=O) groups is 1. The lowest BCUT2D eigenvalue weighted by Crippen LogP contribution is -2.32. The minimum absolute atomic E-state index is 0.180. The maximum Gasteiger partial charge on any atom is 0.168 e. The van der Waals surface area contributed by atoms with Crippen molar-refractivity contribution in [2.45, 2.75) is 33.1 Å². The van der Waals surface area contributed by atoms with Crippen molar-refractivity contribution < 1.29 is 4.79 Å². The number of para-hydroxylation sites is 1. The zero-order valence-electron chi connectivity index (χ0n) is 12.3. The molecule has 0 bridgehead atoms. The third-order valence-corrected chi connectivity index (χ3v) is 4.44. The van der Waals surface area contributed by atoms with Gasteiger partial charge < -0.3 is 10.3 Å². The Morgan fingerprint density at radius 3 is 2.75 bits per heavy atom. The van der Waals surface area contributed by atoms with Gasteiger partial charge >= 0.3 is 0 Å². The number of aryl methyl sites for hydroxylation is 2. The Kier molecular flexibility index (Phi) is 3.62. The van der Waals surface area contributed by atoms with Crippen molar-refractivity contribution in [3.8, 4) is 0 Å². The number of rotatable bonds is 3. The van der Waals surface area contributed by atoms with E-state index in [1.807, 2.05) is 6.92 Å². The smallest absolute Gasteiger partial charge is 0.168 e. The third kappa shape index (κ3) is 2.16. The summed E-state index contributed by atoms with van der Waals surface area (Å²) >= 11 is 0. The van der Waals surface area contributed by atoms with Gasteiger partial charge in [0.15, 0.2) is 5.78 Å². The molecule has 3 heteroatoms. The molecule has 0 saturated carbocycles. The van der Waals surface area contributed by atoms with Crippen LogP contribution in [0.4, 0.5) is 0 Å². The topological polar surface area (TPSA) is 44.9 Å². The number of hydrogen-bond donors (Lipinski definition) is 2. The van der Waals surface area contributed by atoms with Gasteiger partial charge in [0.1, 0.15) is 0 Å². The van der Waals surface area contributed by atoms with Crippen LogP contribution in [0.5, 0.6) is 0 Å². The summed E-state index contributed by atoms with van der Waals surface area (Å²) in [5.41, 5.74) is 4.37. The van der Waals surface area contributed by atoms with Gasteiger partial charge in [-0.15, -0.1) is 0 Å². The average molecular weight is 270 g/mol. The van der Waals surface area contributed by atoms with Gasteiger partial charge in [-0.3, -0.25) is 4.79 Å². The summed E-state index contributed by atoms with van der Waals surface area (Å²) in [5.74, 6) is 0.503. The fourth-order valence-corrected chi connectivity index (χ4v) is 3.31. The number of benzene rings is 1. The molecule has 0 unspecified atom stereocenters. The third-order valence-electron chi connectivity index (χ3n) is 4.44. The molecule has 20 heavy (non-hydrogen) atoms. The Labute approximate surface area is 119 Å². The molecule has 1 aliphatic rings. The summed E-state index contributed by atoms with van der Waals surface area (Å²) in [7, 11) is 0. The quantitative estimate of drug-likeness (QED) is 0.841. The standard InChI is InChI=1S/C17H22N2O/c1-3-12-5-4-6-14-15(11(2)19-16(12)14)17(20)13-7-9-18-10-8-13/h4-6,13,18-19H,3,7-10H2,1-2H3. The number of hydrogen-bond acceptors (Lipinski definition) is 2.